The van der Waals surface area contributed by atoms with Crippen molar-refractivity contribution in [3.05, 3.63) is 71.5 Å². The maximum atomic E-state index is 13.1. The number of hydrogen-bond acceptors (Lipinski definition) is 3. The van der Waals surface area contributed by atoms with Gasteiger partial charge < -0.3 is 9.80 Å². The van der Waals surface area contributed by atoms with E-state index in [1.54, 1.807) is 23.9 Å². The van der Waals surface area contributed by atoms with E-state index < -0.39 is 0 Å². The summed E-state index contributed by atoms with van der Waals surface area (Å²) >= 11 is 0. The second-order valence-electron chi connectivity index (χ2n) is 6.88. The van der Waals surface area contributed by atoms with Crippen LogP contribution in [-0.4, -0.2) is 66.8 Å². The van der Waals surface area contributed by atoms with Crippen LogP contribution >= 0.6 is 0 Å². The molecule has 2 aromatic rings. The standard InChI is InChI=1S/C21H24FN3O2/c1-23(2)21(27)19(16-6-4-3-5-7-16)24-12-14-25(15-13-24)20(26)17-8-10-18(22)11-9-17/h3-11,19H,12-15H2,1-2H3. The lowest BCUT2D eigenvalue weighted by molar-refractivity contribution is -0.135. The Labute approximate surface area is 159 Å². The Balaban J connectivity index is 1.71. The monoisotopic (exact) mass is 369 g/mol. The van der Waals surface area contributed by atoms with Crippen LogP contribution in [-0.2, 0) is 4.79 Å². The van der Waals surface area contributed by atoms with E-state index in [4.69, 9.17) is 0 Å². The van der Waals surface area contributed by atoms with Gasteiger partial charge in [-0.25, -0.2) is 4.39 Å². The zero-order chi connectivity index (χ0) is 19.4. The van der Waals surface area contributed by atoms with Crippen LogP contribution in [0.2, 0.25) is 0 Å². The quantitative estimate of drug-likeness (QED) is 0.831. The molecule has 6 heteroatoms. The lowest BCUT2D eigenvalue weighted by Gasteiger charge is -2.39. The minimum absolute atomic E-state index is 0.0273. The van der Waals surface area contributed by atoms with E-state index in [1.165, 1.54) is 24.3 Å². The Kier molecular flexibility index (Phi) is 5.86. The number of carbonyl (C=O) groups excluding carboxylic acids is 2. The fourth-order valence-electron chi connectivity index (χ4n) is 3.35. The van der Waals surface area contributed by atoms with E-state index in [1.807, 2.05) is 30.3 Å². The van der Waals surface area contributed by atoms with Gasteiger partial charge in [0.25, 0.3) is 5.91 Å². The van der Waals surface area contributed by atoms with Gasteiger partial charge in [-0.1, -0.05) is 30.3 Å². The molecule has 1 atom stereocenters. The third kappa shape index (κ3) is 4.34. The largest absolute Gasteiger partial charge is 0.347 e. The highest BCUT2D eigenvalue weighted by Crippen LogP contribution is 2.24. The summed E-state index contributed by atoms with van der Waals surface area (Å²) in [4.78, 5) is 30.9. The highest BCUT2D eigenvalue weighted by atomic mass is 19.1. The summed E-state index contributed by atoms with van der Waals surface area (Å²) < 4.78 is 13.1. The fourth-order valence-corrected chi connectivity index (χ4v) is 3.35. The third-order valence-electron chi connectivity index (χ3n) is 4.85. The third-order valence-corrected chi connectivity index (χ3v) is 4.85. The topological polar surface area (TPSA) is 43.9 Å². The van der Waals surface area contributed by atoms with Gasteiger partial charge in [-0.05, 0) is 29.8 Å². The van der Waals surface area contributed by atoms with E-state index in [2.05, 4.69) is 4.90 Å². The summed E-state index contributed by atoms with van der Waals surface area (Å²) in [6.45, 7) is 2.26. The van der Waals surface area contributed by atoms with Crippen molar-refractivity contribution in [2.75, 3.05) is 40.3 Å². The summed E-state index contributed by atoms with van der Waals surface area (Å²) in [5.41, 5.74) is 1.43. The number of piperazine rings is 1. The van der Waals surface area contributed by atoms with Crippen molar-refractivity contribution in [1.29, 1.82) is 0 Å². The normalized spacial score (nSPS) is 16.0. The molecule has 2 aromatic carbocycles. The first-order valence-electron chi connectivity index (χ1n) is 9.02. The number of benzene rings is 2. The van der Waals surface area contributed by atoms with E-state index >= 15 is 0 Å². The van der Waals surface area contributed by atoms with Crippen LogP contribution in [0.25, 0.3) is 0 Å². The van der Waals surface area contributed by atoms with E-state index in [-0.39, 0.29) is 23.7 Å². The molecular formula is C21H24FN3O2. The van der Waals surface area contributed by atoms with Crippen molar-refractivity contribution in [2.24, 2.45) is 0 Å². The number of rotatable bonds is 4. The summed E-state index contributed by atoms with van der Waals surface area (Å²) in [5.74, 6) is -0.436. The van der Waals surface area contributed by atoms with Crippen molar-refractivity contribution in [3.63, 3.8) is 0 Å². The van der Waals surface area contributed by atoms with Crippen LogP contribution in [0.5, 0.6) is 0 Å². The van der Waals surface area contributed by atoms with Gasteiger partial charge in [-0.3, -0.25) is 14.5 Å². The summed E-state index contributed by atoms with van der Waals surface area (Å²) in [5, 5.41) is 0. The Morgan fingerprint density at radius 3 is 2.07 bits per heavy atom. The molecule has 0 aliphatic carbocycles. The predicted octanol–water partition coefficient (Wildman–Crippen LogP) is 2.41. The molecule has 1 aliphatic rings. The average molecular weight is 369 g/mol. The molecule has 27 heavy (non-hydrogen) atoms. The average Bonchev–Trinajstić information content (AvgIpc) is 2.69. The van der Waals surface area contributed by atoms with Crippen molar-refractivity contribution in [3.8, 4) is 0 Å². The number of carbonyl (C=O) groups is 2. The molecule has 0 radical (unpaired) electrons. The highest BCUT2D eigenvalue weighted by Gasteiger charge is 2.32. The van der Waals surface area contributed by atoms with Crippen molar-refractivity contribution < 1.29 is 14.0 Å². The van der Waals surface area contributed by atoms with E-state index in [0.29, 0.717) is 31.7 Å². The van der Waals surface area contributed by atoms with E-state index in [9.17, 15) is 14.0 Å². The smallest absolute Gasteiger partial charge is 0.253 e. The Morgan fingerprint density at radius 1 is 0.926 bits per heavy atom. The number of hydrogen-bond donors (Lipinski definition) is 0. The zero-order valence-corrected chi connectivity index (χ0v) is 15.6. The Morgan fingerprint density at radius 2 is 1.52 bits per heavy atom. The second kappa shape index (κ2) is 8.31. The summed E-state index contributed by atoms with van der Waals surface area (Å²) in [7, 11) is 3.51. The van der Waals surface area contributed by atoms with Gasteiger partial charge in [-0.2, -0.15) is 0 Å². The lowest BCUT2D eigenvalue weighted by atomic mass is 10.0. The number of halogens is 1. The van der Waals surface area contributed by atoms with Gasteiger partial charge in [0.1, 0.15) is 11.9 Å². The van der Waals surface area contributed by atoms with Crippen LogP contribution in [0.1, 0.15) is 22.0 Å². The Hall–Kier alpha value is -2.73. The molecule has 1 heterocycles. The molecule has 5 nitrogen and oxygen atoms in total. The molecule has 142 valence electrons. The molecule has 3 rings (SSSR count). The minimum atomic E-state index is -0.357. The van der Waals surface area contributed by atoms with Crippen LogP contribution < -0.4 is 0 Å². The molecule has 0 bridgehead atoms. The molecule has 0 aromatic heterocycles. The number of amides is 2. The number of nitrogens with zero attached hydrogens (tertiary/aromatic N) is 3. The molecular weight excluding hydrogens is 345 g/mol. The SMILES string of the molecule is CN(C)C(=O)C(c1ccccc1)N1CCN(C(=O)c2ccc(F)cc2)CC1. The molecule has 1 fully saturated rings. The maximum Gasteiger partial charge on any atom is 0.253 e. The second-order valence-corrected chi connectivity index (χ2v) is 6.88. The van der Waals surface area contributed by atoms with Crippen LogP contribution in [0.15, 0.2) is 54.6 Å². The van der Waals surface area contributed by atoms with Crippen LogP contribution in [0.3, 0.4) is 0 Å². The van der Waals surface area contributed by atoms with Gasteiger partial charge in [0.15, 0.2) is 0 Å². The molecule has 1 saturated heterocycles. The zero-order valence-electron chi connectivity index (χ0n) is 15.6. The Bertz CT molecular complexity index is 785. The first kappa shape index (κ1) is 19.0. The molecule has 1 unspecified atom stereocenters. The van der Waals surface area contributed by atoms with Gasteiger partial charge in [0.2, 0.25) is 5.91 Å². The predicted molar refractivity (Wildman–Crippen MR) is 102 cm³/mol. The molecule has 1 aliphatic heterocycles. The maximum absolute atomic E-state index is 13.1. The first-order chi connectivity index (χ1) is 13.0. The van der Waals surface area contributed by atoms with Crippen LogP contribution in [0.4, 0.5) is 4.39 Å². The van der Waals surface area contributed by atoms with Crippen LogP contribution in [0, 0.1) is 5.82 Å². The summed E-state index contributed by atoms with van der Waals surface area (Å²) in [6.07, 6.45) is 0. The molecule has 2 amide bonds. The van der Waals surface area contributed by atoms with Crippen molar-refractivity contribution in [1.82, 2.24) is 14.7 Å². The molecule has 0 N–H and O–H groups in total. The first-order valence-corrected chi connectivity index (χ1v) is 9.02. The van der Waals surface area contributed by atoms with Gasteiger partial charge in [0.05, 0.1) is 0 Å². The molecule has 0 spiro atoms. The number of likely N-dealkylation sites (N-methyl/N-ethyl adjacent to an activating group) is 1. The lowest BCUT2D eigenvalue weighted by Crippen LogP contribution is -2.52. The van der Waals surface area contributed by atoms with Crippen molar-refractivity contribution >= 4 is 11.8 Å². The minimum Gasteiger partial charge on any atom is -0.347 e. The van der Waals surface area contributed by atoms with Gasteiger partial charge >= 0.3 is 0 Å². The van der Waals surface area contributed by atoms with Gasteiger partial charge in [0, 0.05) is 45.8 Å². The van der Waals surface area contributed by atoms with Gasteiger partial charge in [-0.15, -0.1) is 0 Å². The van der Waals surface area contributed by atoms with Crippen molar-refractivity contribution in [2.45, 2.75) is 6.04 Å². The fraction of sp³-hybridized carbons (Fsp3) is 0.333. The molecule has 0 saturated carbocycles. The van der Waals surface area contributed by atoms with E-state index in [0.717, 1.165) is 5.56 Å². The summed E-state index contributed by atoms with van der Waals surface area (Å²) in [6, 6.07) is 15.0. The highest BCUT2D eigenvalue weighted by molar-refractivity contribution is 5.94.